The standard InChI is InChI=1S/C17H17NO4S/c1-11(23-15-6-4-3-5-14(15)17(20)21)16(19)18-12-7-9-13(22-2)10-8-12/h3-11H,1-2H3,(H,18,19)(H,20,21). The third kappa shape index (κ3) is 4.50. The van der Waals surface area contributed by atoms with Gasteiger partial charge in [-0.3, -0.25) is 4.79 Å². The van der Waals surface area contributed by atoms with E-state index in [0.717, 1.165) is 0 Å². The maximum atomic E-state index is 12.2. The van der Waals surface area contributed by atoms with Crippen LogP contribution in [0.25, 0.3) is 0 Å². The smallest absolute Gasteiger partial charge is 0.336 e. The maximum absolute atomic E-state index is 12.2. The number of ether oxygens (including phenoxy) is 1. The summed E-state index contributed by atoms with van der Waals surface area (Å²) in [5, 5.41) is 11.5. The van der Waals surface area contributed by atoms with Gasteiger partial charge in [0.25, 0.3) is 0 Å². The quantitative estimate of drug-likeness (QED) is 0.792. The number of carbonyl (C=O) groups is 2. The molecular weight excluding hydrogens is 314 g/mol. The fourth-order valence-electron chi connectivity index (χ4n) is 1.91. The van der Waals surface area contributed by atoms with E-state index < -0.39 is 11.2 Å². The third-order valence-electron chi connectivity index (χ3n) is 3.15. The van der Waals surface area contributed by atoms with Gasteiger partial charge in [-0.2, -0.15) is 0 Å². The number of thioether (sulfide) groups is 1. The van der Waals surface area contributed by atoms with Gasteiger partial charge in [0.1, 0.15) is 5.75 Å². The fraction of sp³-hybridized carbons (Fsp3) is 0.176. The number of amides is 1. The number of hydrogen-bond acceptors (Lipinski definition) is 4. The number of hydrogen-bond donors (Lipinski definition) is 2. The van der Waals surface area contributed by atoms with Crippen molar-refractivity contribution in [2.24, 2.45) is 0 Å². The van der Waals surface area contributed by atoms with Gasteiger partial charge in [0.05, 0.1) is 17.9 Å². The molecule has 0 spiro atoms. The van der Waals surface area contributed by atoms with E-state index in [4.69, 9.17) is 4.74 Å². The van der Waals surface area contributed by atoms with Crippen molar-refractivity contribution >= 4 is 29.3 Å². The number of nitrogens with one attached hydrogen (secondary N) is 1. The minimum atomic E-state index is -1.00. The summed E-state index contributed by atoms with van der Waals surface area (Å²) in [6, 6.07) is 13.7. The Hall–Kier alpha value is -2.47. The van der Waals surface area contributed by atoms with Crippen molar-refractivity contribution in [3.8, 4) is 5.75 Å². The molecule has 5 nitrogen and oxygen atoms in total. The highest BCUT2D eigenvalue weighted by atomic mass is 32.2. The second kappa shape index (κ2) is 7.69. The molecular formula is C17H17NO4S. The van der Waals surface area contributed by atoms with Gasteiger partial charge < -0.3 is 15.2 Å². The minimum absolute atomic E-state index is 0.194. The summed E-state index contributed by atoms with van der Waals surface area (Å²) >= 11 is 1.22. The highest BCUT2D eigenvalue weighted by Crippen LogP contribution is 2.27. The van der Waals surface area contributed by atoms with Crippen LogP contribution < -0.4 is 10.1 Å². The molecule has 23 heavy (non-hydrogen) atoms. The van der Waals surface area contributed by atoms with E-state index in [1.54, 1.807) is 56.5 Å². The van der Waals surface area contributed by atoms with Gasteiger partial charge in [0.15, 0.2) is 0 Å². The van der Waals surface area contributed by atoms with Gasteiger partial charge in [-0.05, 0) is 43.3 Å². The van der Waals surface area contributed by atoms with E-state index in [-0.39, 0.29) is 11.5 Å². The van der Waals surface area contributed by atoms with E-state index in [9.17, 15) is 14.7 Å². The lowest BCUT2D eigenvalue weighted by Crippen LogP contribution is -2.22. The van der Waals surface area contributed by atoms with Gasteiger partial charge >= 0.3 is 5.97 Å². The Morgan fingerprint density at radius 3 is 2.39 bits per heavy atom. The predicted molar refractivity (Wildman–Crippen MR) is 90.3 cm³/mol. The Kier molecular flexibility index (Phi) is 5.65. The number of carbonyl (C=O) groups excluding carboxylic acids is 1. The first-order valence-corrected chi connectivity index (χ1v) is 7.83. The first-order chi connectivity index (χ1) is 11.0. The number of carboxylic acids is 1. The summed E-state index contributed by atoms with van der Waals surface area (Å²) in [6.07, 6.45) is 0. The first-order valence-electron chi connectivity index (χ1n) is 6.95. The Balaban J connectivity index is 2.04. The van der Waals surface area contributed by atoms with Crippen molar-refractivity contribution in [2.45, 2.75) is 17.1 Å². The molecule has 0 saturated heterocycles. The summed E-state index contributed by atoms with van der Waals surface area (Å²) < 4.78 is 5.06. The molecule has 1 unspecified atom stereocenters. The van der Waals surface area contributed by atoms with Crippen LogP contribution in [0.1, 0.15) is 17.3 Å². The molecule has 0 aromatic heterocycles. The summed E-state index contributed by atoms with van der Waals surface area (Å²) in [4.78, 5) is 24.0. The second-order valence-corrected chi connectivity index (χ2v) is 6.16. The number of carboxylic acid groups (broad SMARTS) is 1. The summed E-state index contributed by atoms with van der Waals surface area (Å²) in [5.74, 6) is -0.489. The highest BCUT2D eigenvalue weighted by Gasteiger charge is 2.18. The lowest BCUT2D eigenvalue weighted by molar-refractivity contribution is -0.115. The molecule has 0 bridgehead atoms. The van der Waals surface area contributed by atoms with Crippen LogP contribution in [-0.4, -0.2) is 29.3 Å². The molecule has 2 aromatic rings. The lowest BCUT2D eigenvalue weighted by atomic mass is 10.2. The molecule has 0 aliphatic carbocycles. The summed E-state index contributed by atoms with van der Waals surface area (Å²) in [6.45, 7) is 1.74. The molecule has 2 rings (SSSR count). The molecule has 0 radical (unpaired) electrons. The van der Waals surface area contributed by atoms with Crippen LogP contribution >= 0.6 is 11.8 Å². The Labute approximate surface area is 138 Å². The average Bonchev–Trinajstić information content (AvgIpc) is 2.55. The Bertz CT molecular complexity index is 700. The van der Waals surface area contributed by atoms with E-state index >= 15 is 0 Å². The van der Waals surface area contributed by atoms with Crippen LogP contribution in [0, 0.1) is 0 Å². The van der Waals surface area contributed by atoms with E-state index in [0.29, 0.717) is 16.3 Å². The van der Waals surface area contributed by atoms with Crippen LogP contribution in [-0.2, 0) is 4.79 Å². The minimum Gasteiger partial charge on any atom is -0.497 e. The third-order valence-corrected chi connectivity index (χ3v) is 4.33. The molecule has 2 aromatic carbocycles. The fourth-order valence-corrected chi connectivity index (χ4v) is 2.89. The Morgan fingerprint density at radius 1 is 1.13 bits per heavy atom. The van der Waals surface area contributed by atoms with Gasteiger partial charge in [0.2, 0.25) is 5.91 Å². The summed E-state index contributed by atoms with van der Waals surface area (Å²) in [7, 11) is 1.58. The molecule has 0 aliphatic heterocycles. The van der Waals surface area contributed by atoms with Gasteiger partial charge in [-0.1, -0.05) is 12.1 Å². The van der Waals surface area contributed by atoms with Crippen molar-refractivity contribution in [1.29, 1.82) is 0 Å². The van der Waals surface area contributed by atoms with E-state index in [2.05, 4.69) is 5.32 Å². The van der Waals surface area contributed by atoms with Crippen LogP contribution in [0.3, 0.4) is 0 Å². The molecule has 1 amide bonds. The molecule has 6 heteroatoms. The molecule has 0 fully saturated rings. The van der Waals surface area contributed by atoms with Crippen molar-refractivity contribution in [1.82, 2.24) is 0 Å². The predicted octanol–water partition coefficient (Wildman–Crippen LogP) is 3.51. The molecule has 0 saturated carbocycles. The number of aromatic carboxylic acids is 1. The Morgan fingerprint density at radius 2 is 1.78 bits per heavy atom. The normalized spacial score (nSPS) is 11.6. The average molecular weight is 331 g/mol. The van der Waals surface area contributed by atoms with Gasteiger partial charge in [0, 0.05) is 10.6 Å². The second-order valence-electron chi connectivity index (χ2n) is 4.78. The van der Waals surface area contributed by atoms with Crippen LogP contribution in [0.15, 0.2) is 53.4 Å². The van der Waals surface area contributed by atoms with E-state index in [1.165, 1.54) is 17.8 Å². The van der Waals surface area contributed by atoms with Crippen molar-refractivity contribution in [3.05, 3.63) is 54.1 Å². The zero-order valence-corrected chi connectivity index (χ0v) is 13.6. The number of benzene rings is 2. The number of anilines is 1. The maximum Gasteiger partial charge on any atom is 0.336 e. The first kappa shape index (κ1) is 16.9. The zero-order chi connectivity index (χ0) is 16.8. The number of methoxy groups -OCH3 is 1. The van der Waals surface area contributed by atoms with Crippen LogP contribution in [0.5, 0.6) is 5.75 Å². The molecule has 2 N–H and O–H groups in total. The van der Waals surface area contributed by atoms with Crippen molar-refractivity contribution in [2.75, 3.05) is 12.4 Å². The largest absolute Gasteiger partial charge is 0.497 e. The number of rotatable bonds is 6. The SMILES string of the molecule is COc1ccc(NC(=O)C(C)Sc2ccccc2C(=O)O)cc1. The lowest BCUT2D eigenvalue weighted by Gasteiger charge is -2.13. The molecule has 0 aliphatic rings. The highest BCUT2D eigenvalue weighted by molar-refractivity contribution is 8.00. The molecule has 0 heterocycles. The zero-order valence-electron chi connectivity index (χ0n) is 12.8. The molecule has 1 atom stereocenters. The van der Waals surface area contributed by atoms with Crippen LogP contribution in [0.4, 0.5) is 5.69 Å². The van der Waals surface area contributed by atoms with Gasteiger partial charge in [-0.25, -0.2) is 4.79 Å². The van der Waals surface area contributed by atoms with Crippen molar-refractivity contribution < 1.29 is 19.4 Å². The van der Waals surface area contributed by atoms with Crippen molar-refractivity contribution in [3.63, 3.8) is 0 Å². The summed E-state index contributed by atoms with van der Waals surface area (Å²) in [5.41, 5.74) is 0.858. The van der Waals surface area contributed by atoms with Crippen LogP contribution in [0.2, 0.25) is 0 Å². The molecule has 120 valence electrons. The van der Waals surface area contributed by atoms with Gasteiger partial charge in [-0.15, -0.1) is 11.8 Å². The van der Waals surface area contributed by atoms with E-state index in [1.807, 2.05) is 0 Å². The topological polar surface area (TPSA) is 75.6 Å². The monoisotopic (exact) mass is 331 g/mol.